The molecule has 3 aromatic heterocycles. The zero-order valence-corrected chi connectivity index (χ0v) is 32.5. The number of rotatable bonds is 5. The molecule has 0 spiro atoms. The van der Waals surface area contributed by atoms with Crippen LogP contribution in [0.25, 0.3) is 106 Å². The molecule has 0 unspecified atom stereocenters. The van der Waals surface area contributed by atoms with Crippen LogP contribution in [0.1, 0.15) is 25.0 Å². The molecule has 0 N–H and O–H groups in total. The minimum atomic E-state index is -0.147. The Morgan fingerprint density at radius 3 is 1.78 bits per heavy atom. The molecule has 0 bridgehead atoms. The van der Waals surface area contributed by atoms with Gasteiger partial charge in [-0.3, -0.25) is 0 Å². The first kappa shape index (κ1) is 33.5. The number of benzene rings is 8. The molecular formula is C54H36N4O. The number of aromatic nitrogens is 4. The minimum absolute atomic E-state index is 0.147. The summed E-state index contributed by atoms with van der Waals surface area (Å²) in [5, 5.41) is 4.52. The maximum Gasteiger partial charge on any atom is 0.164 e. The van der Waals surface area contributed by atoms with Gasteiger partial charge in [-0.05, 0) is 69.8 Å². The van der Waals surface area contributed by atoms with Gasteiger partial charge in [0.05, 0.1) is 11.0 Å². The maximum absolute atomic E-state index is 6.93. The van der Waals surface area contributed by atoms with Crippen molar-refractivity contribution in [2.75, 3.05) is 0 Å². The van der Waals surface area contributed by atoms with Crippen molar-refractivity contribution in [1.82, 2.24) is 19.5 Å². The molecule has 1 aliphatic carbocycles. The van der Waals surface area contributed by atoms with Crippen LogP contribution in [0.5, 0.6) is 0 Å². The molecule has 59 heavy (non-hydrogen) atoms. The van der Waals surface area contributed by atoms with Gasteiger partial charge < -0.3 is 8.98 Å². The summed E-state index contributed by atoms with van der Waals surface area (Å²) in [6, 6.07) is 63.9. The van der Waals surface area contributed by atoms with Crippen molar-refractivity contribution in [2.24, 2.45) is 0 Å². The summed E-state index contributed by atoms with van der Waals surface area (Å²) in [4.78, 5) is 15.4. The van der Waals surface area contributed by atoms with E-state index in [9.17, 15) is 0 Å². The summed E-state index contributed by atoms with van der Waals surface area (Å²) in [7, 11) is 0. The third kappa shape index (κ3) is 5.08. The molecule has 11 aromatic rings. The Morgan fingerprint density at radius 1 is 0.424 bits per heavy atom. The van der Waals surface area contributed by atoms with E-state index in [-0.39, 0.29) is 5.41 Å². The highest BCUT2D eigenvalue weighted by molar-refractivity contribution is 6.16. The van der Waals surface area contributed by atoms with E-state index >= 15 is 0 Å². The third-order valence-electron chi connectivity index (χ3n) is 12.2. The fourth-order valence-electron chi connectivity index (χ4n) is 9.55. The van der Waals surface area contributed by atoms with Gasteiger partial charge in [0.25, 0.3) is 0 Å². The van der Waals surface area contributed by atoms with Gasteiger partial charge in [-0.1, -0.05) is 153 Å². The summed E-state index contributed by atoms with van der Waals surface area (Å²) in [6.07, 6.45) is 0. The Balaban J connectivity index is 1.11. The van der Waals surface area contributed by atoms with Gasteiger partial charge in [0, 0.05) is 55.4 Å². The summed E-state index contributed by atoms with van der Waals surface area (Å²) >= 11 is 0. The average Bonchev–Trinajstić information content (AvgIpc) is 3.91. The fourth-order valence-corrected chi connectivity index (χ4v) is 9.55. The van der Waals surface area contributed by atoms with Crippen LogP contribution in [-0.4, -0.2) is 19.5 Å². The van der Waals surface area contributed by atoms with Gasteiger partial charge in [0.15, 0.2) is 17.5 Å². The molecule has 0 radical (unpaired) electrons. The number of nitrogens with zero attached hydrogens (tertiary/aromatic N) is 4. The van der Waals surface area contributed by atoms with Crippen LogP contribution in [0.4, 0.5) is 0 Å². The Bertz CT molecular complexity index is 3400. The zero-order valence-electron chi connectivity index (χ0n) is 32.5. The topological polar surface area (TPSA) is 56.7 Å². The highest BCUT2D eigenvalue weighted by Gasteiger charge is 2.38. The van der Waals surface area contributed by atoms with Crippen molar-refractivity contribution < 1.29 is 4.42 Å². The lowest BCUT2D eigenvalue weighted by molar-refractivity contribution is 0.666. The van der Waals surface area contributed by atoms with Crippen LogP contribution in [0.3, 0.4) is 0 Å². The number of furan rings is 1. The summed E-state index contributed by atoms with van der Waals surface area (Å²) < 4.78 is 9.33. The second-order valence-electron chi connectivity index (χ2n) is 16.0. The summed E-state index contributed by atoms with van der Waals surface area (Å²) in [5.74, 6) is 1.82. The number of para-hydroxylation sites is 1. The molecule has 0 saturated heterocycles. The number of hydrogen-bond acceptors (Lipinski definition) is 4. The Morgan fingerprint density at radius 2 is 1.05 bits per heavy atom. The van der Waals surface area contributed by atoms with E-state index in [1.165, 1.54) is 38.5 Å². The molecule has 278 valence electrons. The van der Waals surface area contributed by atoms with E-state index in [2.05, 4.69) is 134 Å². The molecule has 12 rings (SSSR count). The fraction of sp³-hybridized carbons (Fsp3) is 0.0556. The molecule has 0 fully saturated rings. The molecule has 8 aromatic carbocycles. The van der Waals surface area contributed by atoms with Crippen molar-refractivity contribution in [3.05, 3.63) is 193 Å². The van der Waals surface area contributed by atoms with Gasteiger partial charge in [-0.2, -0.15) is 0 Å². The molecule has 0 amide bonds. The van der Waals surface area contributed by atoms with Gasteiger partial charge in [-0.25, -0.2) is 15.0 Å². The minimum Gasteiger partial charge on any atom is -0.456 e. The van der Waals surface area contributed by atoms with Gasteiger partial charge in [0.1, 0.15) is 11.2 Å². The van der Waals surface area contributed by atoms with Gasteiger partial charge >= 0.3 is 0 Å². The third-order valence-corrected chi connectivity index (χ3v) is 12.2. The SMILES string of the molecule is CC1(C)c2ccccc2-c2ccc3c(c21)c1ccccc1n3-c1ccc2c(c1)oc1cc(-c3ccccc3)cc(-c3nc(-c4ccccc4)nc(-c4ccccc4)n3)c12. The first-order valence-corrected chi connectivity index (χ1v) is 20.1. The average molecular weight is 757 g/mol. The second-order valence-corrected chi connectivity index (χ2v) is 16.0. The molecule has 0 aliphatic heterocycles. The quantitative estimate of drug-likeness (QED) is 0.175. The van der Waals surface area contributed by atoms with Crippen molar-refractivity contribution >= 4 is 43.7 Å². The predicted octanol–water partition coefficient (Wildman–Crippen LogP) is 13.8. The van der Waals surface area contributed by atoms with E-state index < -0.39 is 0 Å². The molecule has 5 nitrogen and oxygen atoms in total. The van der Waals surface area contributed by atoms with E-state index in [1.807, 2.05) is 66.7 Å². The summed E-state index contributed by atoms with van der Waals surface area (Å²) in [6.45, 7) is 4.73. The number of fused-ring (bicyclic) bond motifs is 10. The Labute approximate surface area is 340 Å². The van der Waals surface area contributed by atoms with Crippen LogP contribution < -0.4 is 0 Å². The van der Waals surface area contributed by atoms with E-state index in [4.69, 9.17) is 19.4 Å². The van der Waals surface area contributed by atoms with Crippen molar-refractivity contribution in [1.29, 1.82) is 0 Å². The Hall–Kier alpha value is -7.63. The van der Waals surface area contributed by atoms with Crippen LogP contribution in [0.15, 0.2) is 186 Å². The van der Waals surface area contributed by atoms with Crippen molar-refractivity contribution in [3.63, 3.8) is 0 Å². The molecule has 0 saturated carbocycles. The normalized spacial score (nSPS) is 13.1. The largest absolute Gasteiger partial charge is 0.456 e. The monoisotopic (exact) mass is 756 g/mol. The van der Waals surface area contributed by atoms with Gasteiger partial charge in [0.2, 0.25) is 0 Å². The predicted molar refractivity (Wildman–Crippen MR) is 241 cm³/mol. The Kier molecular flexibility index (Phi) is 7.20. The molecule has 0 atom stereocenters. The molecule has 1 aliphatic rings. The molecular weight excluding hydrogens is 721 g/mol. The lowest BCUT2D eigenvalue weighted by Crippen LogP contribution is -2.15. The van der Waals surface area contributed by atoms with Gasteiger partial charge in [-0.15, -0.1) is 0 Å². The highest BCUT2D eigenvalue weighted by atomic mass is 16.3. The van der Waals surface area contributed by atoms with E-state index in [0.29, 0.717) is 17.5 Å². The lowest BCUT2D eigenvalue weighted by Gasteiger charge is -2.22. The smallest absolute Gasteiger partial charge is 0.164 e. The zero-order chi connectivity index (χ0) is 39.2. The second kappa shape index (κ2) is 12.7. The first-order valence-electron chi connectivity index (χ1n) is 20.1. The first-order chi connectivity index (χ1) is 29.0. The van der Waals surface area contributed by atoms with E-state index in [1.54, 1.807) is 0 Å². The van der Waals surface area contributed by atoms with Crippen LogP contribution >= 0.6 is 0 Å². The summed E-state index contributed by atoms with van der Waals surface area (Å²) in [5.41, 5.74) is 15.1. The van der Waals surface area contributed by atoms with Crippen LogP contribution in [0, 0.1) is 0 Å². The molecule has 5 heteroatoms. The van der Waals surface area contributed by atoms with E-state index in [0.717, 1.165) is 61.0 Å². The van der Waals surface area contributed by atoms with Crippen molar-refractivity contribution in [3.8, 4) is 62.1 Å². The lowest BCUT2D eigenvalue weighted by atomic mass is 9.80. The van der Waals surface area contributed by atoms with Crippen molar-refractivity contribution in [2.45, 2.75) is 19.3 Å². The molecule has 3 heterocycles. The maximum atomic E-state index is 6.93. The number of hydrogen-bond donors (Lipinski definition) is 0. The van der Waals surface area contributed by atoms with Crippen LogP contribution in [0.2, 0.25) is 0 Å². The standard InChI is InChI=1S/C54H36N4O/c1-54(2)43-24-14-12-22-38(43)39-28-29-45-49(50(39)54)40-23-13-15-25-44(40)58(45)37-26-27-41-46(32-37)59-47-31-36(33-16-6-3-7-17-33)30-42(48(41)47)53-56-51(34-18-8-4-9-19-34)55-52(57-53)35-20-10-5-11-21-35/h3-32H,1-2H3. The highest BCUT2D eigenvalue weighted by Crippen LogP contribution is 2.53. The van der Waals surface area contributed by atoms with Crippen LogP contribution in [-0.2, 0) is 5.41 Å².